The van der Waals surface area contributed by atoms with Crippen LogP contribution in [0.2, 0.25) is 0 Å². The fourth-order valence-corrected chi connectivity index (χ4v) is 4.84. The summed E-state index contributed by atoms with van der Waals surface area (Å²) in [5.41, 5.74) is 1.21. The van der Waals surface area contributed by atoms with Gasteiger partial charge in [-0.15, -0.1) is 0 Å². The van der Waals surface area contributed by atoms with Crippen LogP contribution in [0.3, 0.4) is 0 Å². The zero-order valence-electron chi connectivity index (χ0n) is 18.0. The summed E-state index contributed by atoms with van der Waals surface area (Å²) < 4.78 is 35.0. The summed E-state index contributed by atoms with van der Waals surface area (Å²) >= 11 is 1.21. The number of nitrogens with zero attached hydrogens (tertiary/aromatic N) is 2. The third-order valence-electron chi connectivity index (χ3n) is 4.48. The number of methoxy groups -OCH3 is 1. The molecule has 0 spiro atoms. The van der Waals surface area contributed by atoms with Gasteiger partial charge >= 0.3 is 7.82 Å². The second kappa shape index (κ2) is 10.8. The number of oxime groups is 1. The largest absolute Gasteiger partial charge is 0.668 e. The maximum atomic E-state index is 13.4. The minimum atomic E-state index is -4.16. The molecular formula is C25H19N2O5PS. The number of nitriles is 1. The number of para-hydroxylation sites is 2. The minimum absolute atomic E-state index is 0.309. The first-order valence-electron chi connectivity index (χ1n) is 10.1. The van der Waals surface area contributed by atoms with E-state index in [2.05, 4.69) is 11.2 Å². The number of benzene rings is 3. The Morgan fingerprint density at radius 3 is 1.97 bits per heavy atom. The predicted molar refractivity (Wildman–Crippen MR) is 133 cm³/mol. The monoisotopic (exact) mass is 490 g/mol. The molecule has 0 saturated heterocycles. The van der Waals surface area contributed by atoms with E-state index in [4.69, 9.17) is 18.4 Å². The van der Waals surface area contributed by atoms with Crippen molar-refractivity contribution in [2.45, 2.75) is 0 Å². The fraction of sp³-hybridized carbons (Fsp3) is 0.0400. The molecule has 0 saturated carbocycles. The van der Waals surface area contributed by atoms with E-state index in [0.29, 0.717) is 32.8 Å². The molecule has 0 aromatic heterocycles. The average molecular weight is 490 g/mol. The van der Waals surface area contributed by atoms with Crippen LogP contribution in [-0.2, 0) is 9.19 Å². The van der Waals surface area contributed by atoms with Crippen LogP contribution in [0.4, 0.5) is 0 Å². The number of hydrogen-bond donors (Lipinski definition) is 0. The summed E-state index contributed by atoms with van der Waals surface area (Å²) in [6.45, 7) is 0. The Morgan fingerprint density at radius 1 is 0.853 bits per heavy atom. The molecule has 0 aliphatic carbocycles. The number of phosphoric acid groups is 1. The lowest BCUT2D eigenvalue weighted by Gasteiger charge is -2.16. The van der Waals surface area contributed by atoms with E-state index < -0.39 is 7.82 Å². The number of phosphoric ester groups is 1. The van der Waals surface area contributed by atoms with E-state index in [1.165, 1.54) is 11.8 Å². The first kappa shape index (κ1) is 23.2. The molecule has 0 radical (unpaired) electrons. The number of ether oxygens (including phenoxy) is 1. The van der Waals surface area contributed by atoms with Gasteiger partial charge in [-0.2, -0.15) is 9.83 Å². The van der Waals surface area contributed by atoms with E-state index in [-0.39, 0.29) is 0 Å². The third kappa shape index (κ3) is 5.90. The van der Waals surface area contributed by atoms with Gasteiger partial charge in [0.15, 0.2) is 0 Å². The topological polar surface area (TPSA) is 90.1 Å². The molecule has 0 unspecified atom stereocenters. The van der Waals surface area contributed by atoms with Gasteiger partial charge < -0.3 is 13.8 Å². The van der Waals surface area contributed by atoms with Gasteiger partial charge in [0, 0.05) is 4.91 Å². The van der Waals surface area contributed by atoms with Crippen LogP contribution >= 0.6 is 19.6 Å². The van der Waals surface area contributed by atoms with Crippen molar-refractivity contribution in [1.29, 1.82) is 5.26 Å². The lowest BCUT2D eigenvalue weighted by molar-refractivity contribution is 0.219. The molecule has 0 bridgehead atoms. The molecule has 4 rings (SSSR count). The fourth-order valence-electron chi connectivity index (χ4n) is 2.89. The smallest absolute Gasteiger partial charge is 0.497 e. The molecule has 9 heteroatoms. The van der Waals surface area contributed by atoms with Crippen LogP contribution in [0.5, 0.6) is 17.2 Å². The highest BCUT2D eigenvalue weighted by Crippen LogP contribution is 2.50. The zero-order chi connectivity index (χ0) is 23.8. The first-order valence-corrected chi connectivity index (χ1v) is 12.4. The Kier molecular flexibility index (Phi) is 7.38. The molecule has 7 nitrogen and oxygen atoms in total. The van der Waals surface area contributed by atoms with Gasteiger partial charge in [0.1, 0.15) is 28.4 Å². The number of rotatable bonds is 8. The minimum Gasteiger partial charge on any atom is -0.497 e. The Labute approximate surface area is 201 Å². The van der Waals surface area contributed by atoms with Crippen LogP contribution in [0.1, 0.15) is 5.56 Å². The van der Waals surface area contributed by atoms with Crippen molar-refractivity contribution in [3.63, 3.8) is 0 Å². The van der Waals surface area contributed by atoms with Crippen LogP contribution < -0.4 is 13.8 Å². The molecule has 3 aromatic carbocycles. The maximum absolute atomic E-state index is 13.4. The molecule has 0 fully saturated rings. The molecule has 170 valence electrons. The van der Waals surface area contributed by atoms with Crippen LogP contribution in [0.15, 0.2) is 107 Å². The maximum Gasteiger partial charge on any atom is 0.668 e. The van der Waals surface area contributed by atoms with E-state index >= 15 is 0 Å². The summed E-state index contributed by atoms with van der Waals surface area (Å²) in [7, 11) is -2.58. The van der Waals surface area contributed by atoms with Crippen molar-refractivity contribution in [1.82, 2.24) is 0 Å². The number of hydrogen-bond acceptors (Lipinski definition) is 8. The normalized spacial score (nSPS) is 15.5. The molecule has 0 atom stereocenters. The van der Waals surface area contributed by atoms with Gasteiger partial charge in [-0.05, 0) is 66.2 Å². The van der Waals surface area contributed by atoms with Crippen molar-refractivity contribution >= 4 is 30.2 Å². The Morgan fingerprint density at radius 2 is 1.44 bits per heavy atom. The Balaban J connectivity index is 1.54. The quantitative estimate of drug-likeness (QED) is 0.194. The first-order chi connectivity index (χ1) is 16.6. The summed E-state index contributed by atoms with van der Waals surface area (Å²) in [6, 6.07) is 26.5. The lowest BCUT2D eigenvalue weighted by Crippen LogP contribution is -2.03. The summed E-state index contributed by atoms with van der Waals surface area (Å²) in [4.78, 5) is 0.679. The second-order valence-corrected chi connectivity index (χ2v) is 9.27. The summed E-state index contributed by atoms with van der Waals surface area (Å²) in [5, 5.41) is 14.1. The van der Waals surface area contributed by atoms with Gasteiger partial charge in [-0.25, -0.2) is 0 Å². The van der Waals surface area contributed by atoms with E-state index in [9.17, 15) is 9.83 Å². The molecular weight excluding hydrogens is 471 g/mol. The van der Waals surface area contributed by atoms with E-state index in [1.807, 2.05) is 0 Å². The van der Waals surface area contributed by atoms with Crippen molar-refractivity contribution < 1.29 is 23.0 Å². The molecule has 0 amide bonds. The van der Waals surface area contributed by atoms with Crippen molar-refractivity contribution in [2.24, 2.45) is 5.16 Å². The van der Waals surface area contributed by atoms with Crippen LogP contribution in [0.25, 0.3) is 5.57 Å². The second-order valence-electron chi connectivity index (χ2n) is 6.78. The molecule has 1 aliphatic heterocycles. The van der Waals surface area contributed by atoms with Gasteiger partial charge in [-0.1, -0.05) is 53.3 Å². The summed E-state index contributed by atoms with van der Waals surface area (Å²) in [5.74, 6) is 1.32. The highest BCUT2D eigenvalue weighted by molar-refractivity contribution is 8.18. The standard InChI is InChI=1S/C25H19N2O5PS/c1-29-20-14-12-19(13-15-20)23(18-26)24-16-17-25(34-24)27-32-33(28,30-21-8-4-2-5-9-21)31-22-10-6-3-7-11-22/h2-17H,1H3/b24-23-,27-25+. The predicted octanol–water partition coefficient (Wildman–Crippen LogP) is 6.83. The lowest BCUT2D eigenvalue weighted by atomic mass is 10.1. The van der Waals surface area contributed by atoms with Gasteiger partial charge in [0.25, 0.3) is 0 Å². The highest BCUT2D eigenvalue weighted by atomic mass is 32.2. The van der Waals surface area contributed by atoms with Gasteiger partial charge in [0.05, 0.1) is 12.7 Å². The SMILES string of the molecule is COc1ccc(/C(C#N)=C2C=C/C(=N\OP(=O)(Oc3ccccc3)Oc3ccccc3)S/2)cc1. The molecule has 3 aromatic rings. The number of thioether (sulfide) groups is 1. The molecule has 1 aliphatic rings. The van der Waals surface area contributed by atoms with Gasteiger partial charge in [0.2, 0.25) is 0 Å². The van der Waals surface area contributed by atoms with E-state index in [1.54, 1.807) is 104 Å². The molecule has 0 N–H and O–H groups in total. The van der Waals surface area contributed by atoms with Crippen LogP contribution in [0, 0.1) is 11.3 Å². The van der Waals surface area contributed by atoms with Crippen molar-refractivity contribution in [3.8, 4) is 23.3 Å². The van der Waals surface area contributed by atoms with Gasteiger partial charge in [-0.3, -0.25) is 4.62 Å². The third-order valence-corrected chi connectivity index (χ3v) is 6.61. The van der Waals surface area contributed by atoms with Crippen LogP contribution in [-0.4, -0.2) is 12.2 Å². The number of allylic oxidation sites excluding steroid dienone is 2. The average Bonchev–Trinajstić information content (AvgIpc) is 3.34. The van der Waals surface area contributed by atoms with E-state index in [0.717, 1.165) is 5.56 Å². The molecule has 34 heavy (non-hydrogen) atoms. The Hall–Kier alpha value is -3.92. The zero-order valence-corrected chi connectivity index (χ0v) is 19.7. The highest BCUT2D eigenvalue weighted by Gasteiger charge is 2.34. The van der Waals surface area contributed by atoms with Crippen molar-refractivity contribution in [3.05, 3.63) is 108 Å². The Bertz CT molecular complexity index is 1270. The van der Waals surface area contributed by atoms with Crippen molar-refractivity contribution in [2.75, 3.05) is 7.11 Å². The molecule has 1 heterocycles. The summed E-state index contributed by atoms with van der Waals surface area (Å²) in [6.07, 6.45) is 3.41.